The molecule has 0 amide bonds. The second-order valence-corrected chi connectivity index (χ2v) is 5.01. The summed E-state index contributed by atoms with van der Waals surface area (Å²) >= 11 is 0. The Kier molecular flexibility index (Phi) is 3.50. The minimum atomic E-state index is -0.345. The topological polar surface area (TPSA) is 62.8 Å². The third-order valence-electron chi connectivity index (χ3n) is 3.63. The first-order valence-corrected chi connectivity index (χ1v) is 6.62. The van der Waals surface area contributed by atoms with E-state index in [0.717, 1.165) is 30.2 Å². The monoisotopic (exact) mass is 276 g/mol. The van der Waals surface area contributed by atoms with Crippen LogP contribution < -0.4 is 5.32 Å². The van der Waals surface area contributed by atoms with Crippen molar-refractivity contribution >= 4 is 0 Å². The molecule has 20 heavy (non-hydrogen) atoms. The maximum absolute atomic E-state index is 12.9. The number of aryl methyl sites for hydroxylation is 1. The van der Waals surface area contributed by atoms with E-state index in [4.69, 9.17) is 4.74 Å². The number of hydrogen-bond donors (Lipinski definition) is 2. The van der Waals surface area contributed by atoms with Crippen LogP contribution in [-0.2, 0) is 4.74 Å². The lowest BCUT2D eigenvalue weighted by atomic mass is 10.2. The fourth-order valence-corrected chi connectivity index (χ4v) is 2.50. The van der Waals surface area contributed by atoms with E-state index >= 15 is 0 Å². The average molecular weight is 276 g/mol. The number of rotatable bonds is 3. The molecular weight excluding hydrogens is 259 g/mol. The highest BCUT2D eigenvalue weighted by Gasteiger charge is 2.28. The Bertz CT molecular complexity index is 596. The van der Waals surface area contributed by atoms with E-state index < -0.39 is 0 Å². The van der Waals surface area contributed by atoms with Crippen LogP contribution in [0.5, 0.6) is 0 Å². The van der Waals surface area contributed by atoms with E-state index in [1.165, 1.54) is 12.3 Å². The van der Waals surface area contributed by atoms with E-state index in [0.29, 0.717) is 5.69 Å². The zero-order valence-electron chi connectivity index (χ0n) is 11.5. The molecule has 5 nitrogen and oxygen atoms in total. The fourth-order valence-electron chi connectivity index (χ4n) is 2.50. The van der Waals surface area contributed by atoms with Gasteiger partial charge in [-0.1, -0.05) is 0 Å². The molecule has 0 spiro atoms. The van der Waals surface area contributed by atoms with Crippen molar-refractivity contribution in [3.8, 4) is 11.4 Å². The van der Waals surface area contributed by atoms with E-state index in [1.54, 1.807) is 13.2 Å². The Morgan fingerprint density at radius 1 is 1.40 bits per heavy atom. The summed E-state index contributed by atoms with van der Waals surface area (Å²) in [6.07, 6.45) is 2.32. The Morgan fingerprint density at radius 3 is 2.90 bits per heavy atom. The van der Waals surface area contributed by atoms with Gasteiger partial charge in [0.25, 0.3) is 0 Å². The van der Waals surface area contributed by atoms with Gasteiger partial charge >= 0.3 is 0 Å². The van der Waals surface area contributed by atoms with Gasteiger partial charge in [0.2, 0.25) is 0 Å². The molecule has 2 aromatic rings. The number of aromatic amines is 1. The molecule has 0 radical (unpaired) electrons. The molecule has 1 aliphatic rings. The number of hydrogen-bond acceptors (Lipinski definition) is 4. The van der Waals surface area contributed by atoms with Gasteiger partial charge in [-0.3, -0.25) is 4.98 Å². The van der Waals surface area contributed by atoms with Gasteiger partial charge in [-0.05, 0) is 25.5 Å². The van der Waals surface area contributed by atoms with E-state index in [-0.39, 0.29) is 18.0 Å². The second-order valence-electron chi connectivity index (χ2n) is 5.01. The normalized spacial score (nSPS) is 22.4. The molecule has 6 heteroatoms. The van der Waals surface area contributed by atoms with Crippen LogP contribution in [0, 0.1) is 12.7 Å². The number of methoxy groups -OCH3 is 1. The molecule has 0 aliphatic carbocycles. The largest absolute Gasteiger partial charge is 0.380 e. The van der Waals surface area contributed by atoms with Crippen molar-refractivity contribution in [3.05, 3.63) is 35.7 Å². The summed E-state index contributed by atoms with van der Waals surface area (Å²) in [5.74, 6) is 0.533. The Balaban J connectivity index is 1.86. The van der Waals surface area contributed by atoms with Crippen LogP contribution >= 0.6 is 0 Å². The molecule has 0 aromatic carbocycles. The number of ether oxygens (including phenoxy) is 1. The van der Waals surface area contributed by atoms with E-state index in [9.17, 15) is 4.39 Å². The molecule has 2 aromatic heterocycles. The molecule has 3 rings (SSSR count). The molecule has 1 fully saturated rings. The zero-order valence-corrected chi connectivity index (χ0v) is 11.5. The third kappa shape index (κ3) is 2.44. The van der Waals surface area contributed by atoms with E-state index in [1.807, 2.05) is 6.92 Å². The minimum Gasteiger partial charge on any atom is -0.380 e. The second kappa shape index (κ2) is 5.30. The number of halogens is 1. The van der Waals surface area contributed by atoms with Crippen molar-refractivity contribution < 1.29 is 9.13 Å². The lowest BCUT2D eigenvalue weighted by Crippen LogP contribution is -2.16. The number of nitrogens with zero attached hydrogens (tertiary/aromatic N) is 2. The Morgan fingerprint density at radius 2 is 2.25 bits per heavy atom. The first-order valence-electron chi connectivity index (χ1n) is 6.62. The van der Waals surface area contributed by atoms with Crippen molar-refractivity contribution in [2.75, 3.05) is 13.7 Å². The van der Waals surface area contributed by atoms with Gasteiger partial charge < -0.3 is 15.0 Å². The zero-order chi connectivity index (χ0) is 14.1. The van der Waals surface area contributed by atoms with Crippen molar-refractivity contribution in [2.24, 2.45) is 0 Å². The molecule has 0 bridgehead atoms. The summed E-state index contributed by atoms with van der Waals surface area (Å²) in [5, 5.41) is 3.38. The number of aromatic nitrogens is 3. The maximum Gasteiger partial charge on any atom is 0.141 e. The van der Waals surface area contributed by atoms with Crippen molar-refractivity contribution in [1.82, 2.24) is 20.3 Å². The predicted molar refractivity (Wildman–Crippen MR) is 72.7 cm³/mol. The van der Waals surface area contributed by atoms with Crippen molar-refractivity contribution in [3.63, 3.8) is 0 Å². The van der Waals surface area contributed by atoms with Crippen LogP contribution in [0.1, 0.15) is 24.0 Å². The molecule has 2 unspecified atom stereocenters. The smallest absolute Gasteiger partial charge is 0.141 e. The highest BCUT2D eigenvalue weighted by molar-refractivity contribution is 5.57. The summed E-state index contributed by atoms with van der Waals surface area (Å²) in [4.78, 5) is 12.0. The summed E-state index contributed by atoms with van der Waals surface area (Å²) in [6.45, 7) is 2.77. The molecule has 106 valence electrons. The molecule has 2 atom stereocenters. The van der Waals surface area contributed by atoms with Gasteiger partial charge in [0.15, 0.2) is 0 Å². The standard InChI is InChI=1S/C14H17FN4O/c1-8-13(11-4-3-9(15)6-16-11)19-14(18-8)12-5-10(20-2)7-17-12/h3-4,6,10,12,17H,5,7H2,1-2H3,(H,18,19). The van der Waals surface area contributed by atoms with Gasteiger partial charge in [0.1, 0.15) is 17.3 Å². The van der Waals surface area contributed by atoms with Crippen LogP contribution in [0.3, 0.4) is 0 Å². The predicted octanol–water partition coefficient (Wildman–Crippen LogP) is 1.97. The molecular formula is C14H17FN4O. The van der Waals surface area contributed by atoms with Crippen LogP contribution in [0.2, 0.25) is 0 Å². The number of nitrogens with one attached hydrogen (secondary N) is 2. The molecule has 1 saturated heterocycles. The summed E-state index contributed by atoms with van der Waals surface area (Å²) in [6, 6.07) is 3.19. The molecule has 2 N–H and O–H groups in total. The summed E-state index contributed by atoms with van der Waals surface area (Å²) in [5.41, 5.74) is 2.37. The Hall–Kier alpha value is -1.79. The quantitative estimate of drug-likeness (QED) is 0.899. The SMILES string of the molecule is COC1CNC(c2nc(-c3ccc(F)cn3)c(C)[nH]2)C1. The van der Waals surface area contributed by atoms with Gasteiger partial charge in [0, 0.05) is 19.3 Å². The first-order chi connectivity index (χ1) is 9.67. The van der Waals surface area contributed by atoms with Crippen molar-refractivity contribution in [2.45, 2.75) is 25.5 Å². The van der Waals surface area contributed by atoms with Gasteiger partial charge in [0.05, 0.1) is 24.0 Å². The first kappa shape index (κ1) is 13.2. The lowest BCUT2D eigenvalue weighted by molar-refractivity contribution is 0.117. The lowest BCUT2D eigenvalue weighted by Gasteiger charge is -2.06. The molecule has 1 aliphatic heterocycles. The molecule has 3 heterocycles. The van der Waals surface area contributed by atoms with Gasteiger partial charge in [-0.15, -0.1) is 0 Å². The highest BCUT2D eigenvalue weighted by Crippen LogP contribution is 2.26. The fraction of sp³-hybridized carbons (Fsp3) is 0.429. The van der Waals surface area contributed by atoms with E-state index in [2.05, 4.69) is 20.3 Å². The third-order valence-corrected chi connectivity index (χ3v) is 3.63. The van der Waals surface area contributed by atoms with Crippen LogP contribution in [0.4, 0.5) is 4.39 Å². The van der Waals surface area contributed by atoms with Crippen LogP contribution in [0.25, 0.3) is 11.4 Å². The number of imidazole rings is 1. The molecule has 0 saturated carbocycles. The van der Waals surface area contributed by atoms with Crippen LogP contribution in [-0.4, -0.2) is 34.7 Å². The highest BCUT2D eigenvalue weighted by atomic mass is 19.1. The minimum absolute atomic E-state index is 0.160. The van der Waals surface area contributed by atoms with Gasteiger partial charge in [-0.2, -0.15) is 0 Å². The number of pyridine rings is 1. The summed E-state index contributed by atoms with van der Waals surface area (Å²) < 4.78 is 18.3. The average Bonchev–Trinajstić information content (AvgIpc) is 3.06. The maximum atomic E-state index is 12.9. The van der Waals surface area contributed by atoms with Crippen molar-refractivity contribution in [1.29, 1.82) is 0 Å². The number of H-pyrrole nitrogens is 1. The van der Waals surface area contributed by atoms with Gasteiger partial charge in [-0.25, -0.2) is 9.37 Å². The summed E-state index contributed by atoms with van der Waals surface area (Å²) in [7, 11) is 1.72. The van der Waals surface area contributed by atoms with Crippen LogP contribution in [0.15, 0.2) is 18.3 Å². The Labute approximate surface area is 116 Å².